The minimum Gasteiger partial charge on any atom is -0.311 e. The van der Waals surface area contributed by atoms with Crippen molar-refractivity contribution in [2.75, 3.05) is 5.32 Å². The molecule has 0 atom stereocenters. The number of carbonyl (C=O) groups is 1. The molecule has 1 amide bonds. The highest BCUT2D eigenvalue weighted by Crippen LogP contribution is 2.24. The third kappa shape index (κ3) is 4.55. The van der Waals surface area contributed by atoms with Gasteiger partial charge < -0.3 is 5.32 Å². The molecule has 0 fully saturated rings. The lowest BCUT2D eigenvalue weighted by Gasteiger charge is -2.08. The predicted molar refractivity (Wildman–Crippen MR) is 135 cm³/mol. The third-order valence-electron chi connectivity index (χ3n) is 5.38. The van der Waals surface area contributed by atoms with Crippen molar-refractivity contribution >= 4 is 50.3 Å². The van der Waals surface area contributed by atoms with Gasteiger partial charge in [0.2, 0.25) is 5.91 Å². The van der Waals surface area contributed by atoms with Crippen molar-refractivity contribution in [3.8, 4) is 16.9 Å². The maximum Gasteiger partial charge on any atom is 0.229 e. The summed E-state index contributed by atoms with van der Waals surface area (Å²) in [6.45, 7) is 0. The third-order valence-corrected chi connectivity index (χ3v) is 6.12. The molecular formula is C25H19BrClN5O. The number of amides is 1. The van der Waals surface area contributed by atoms with Crippen LogP contribution in [-0.4, -0.2) is 25.2 Å². The second kappa shape index (κ2) is 8.84. The average Bonchev–Trinajstić information content (AvgIpc) is 3.38. The van der Waals surface area contributed by atoms with Crippen LogP contribution < -0.4 is 5.32 Å². The van der Waals surface area contributed by atoms with Crippen LogP contribution in [0.3, 0.4) is 0 Å². The predicted octanol–water partition coefficient (Wildman–Crippen LogP) is 6.02. The Morgan fingerprint density at radius 1 is 1.03 bits per heavy atom. The van der Waals surface area contributed by atoms with E-state index in [0.29, 0.717) is 10.8 Å². The number of nitrogens with one attached hydrogen (secondary N) is 1. The van der Waals surface area contributed by atoms with Crippen LogP contribution in [-0.2, 0) is 18.3 Å². The van der Waals surface area contributed by atoms with Gasteiger partial charge in [-0.2, -0.15) is 5.10 Å². The maximum absolute atomic E-state index is 12.7. The molecule has 0 aliphatic rings. The Balaban J connectivity index is 1.28. The first-order valence-electron chi connectivity index (χ1n) is 10.3. The number of aryl methyl sites for hydroxylation is 1. The molecule has 0 saturated heterocycles. The Labute approximate surface area is 204 Å². The molecule has 164 valence electrons. The second-order valence-electron chi connectivity index (χ2n) is 7.68. The lowest BCUT2D eigenvalue weighted by molar-refractivity contribution is -0.115. The van der Waals surface area contributed by atoms with E-state index < -0.39 is 0 Å². The molecule has 33 heavy (non-hydrogen) atoms. The number of imidazole rings is 1. The minimum atomic E-state index is -0.105. The first kappa shape index (κ1) is 21.4. The molecule has 5 aromatic rings. The largest absolute Gasteiger partial charge is 0.311 e. The smallest absolute Gasteiger partial charge is 0.229 e. The van der Waals surface area contributed by atoms with E-state index in [9.17, 15) is 4.79 Å². The zero-order valence-electron chi connectivity index (χ0n) is 17.7. The SMILES string of the molecule is Cn1nc(-c2ccc(Cl)cc2)cc1NC(=O)Cc1ccc(-n2cnc3cc(Br)ccc32)cc1. The van der Waals surface area contributed by atoms with Gasteiger partial charge in [0.1, 0.15) is 12.1 Å². The van der Waals surface area contributed by atoms with Crippen molar-refractivity contribution in [3.63, 3.8) is 0 Å². The number of benzene rings is 3. The summed E-state index contributed by atoms with van der Waals surface area (Å²) in [6.07, 6.45) is 2.07. The van der Waals surface area contributed by atoms with Crippen LogP contribution >= 0.6 is 27.5 Å². The Morgan fingerprint density at radius 2 is 1.79 bits per heavy atom. The van der Waals surface area contributed by atoms with Crippen molar-refractivity contribution in [3.05, 3.63) is 94.2 Å². The highest BCUT2D eigenvalue weighted by Gasteiger charge is 2.12. The van der Waals surface area contributed by atoms with Gasteiger partial charge in [-0.15, -0.1) is 0 Å². The van der Waals surface area contributed by atoms with Crippen LogP contribution in [0.4, 0.5) is 5.82 Å². The summed E-state index contributed by atoms with van der Waals surface area (Å²) in [5.41, 5.74) is 5.56. The van der Waals surface area contributed by atoms with Crippen LogP contribution in [0, 0.1) is 0 Å². The van der Waals surface area contributed by atoms with Gasteiger partial charge in [0.15, 0.2) is 0 Å². The zero-order chi connectivity index (χ0) is 22.9. The monoisotopic (exact) mass is 519 g/mol. The summed E-state index contributed by atoms with van der Waals surface area (Å²) < 4.78 is 4.68. The topological polar surface area (TPSA) is 64.7 Å². The van der Waals surface area contributed by atoms with Crippen molar-refractivity contribution in [1.82, 2.24) is 19.3 Å². The van der Waals surface area contributed by atoms with E-state index in [4.69, 9.17) is 11.6 Å². The molecule has 6 nitrogen and oxygen atoms in total. The number of rotatable bonds is 5. The zero-order valence-corrected chi connectivity index (χ0v) is 20.0. The molecule has 3 aromatic carbocycles. The molecule has 0 aliphatic carbocycles. The van der Waals surface area contributed by atoms with Gasteiger partial charge in [-0.3, -0.25) is 14.0 Å². The fraction of sp³-hybridized carbons (Fsp3) is 0.0800. The van der Waals surface area contributed by atoms with Gasteiger partial charge in [0.05, 0.1) is 23.1 Å². The number of aromatic nitrogens is 4. The van der Waals surface area contributed by atoms with Crippen LogP contribution in [0.15, 0.2) is 83.6 Å². The molecule has 0 aliphatic heterocycles. The molecule has 0 bridgehead atoms. The highest BCUT2D eigenvalue weighted by atomic mass is 79.9. The average molecular weight is 521 g/mol. The number of nitrogens with zero attached hydrogens (tertiary/aromatic N) is 4. The number of anilines is 1. The summed E-state index contributed by atoms with van der Waals surface area (Å²) in [7, 11) is 1.80. The molecular weight excluding hydrogens is 502 g/mol. The van der Waals surface area contributed by atoms with Crippen molar-refractivity contribution < 1.29 is 4.79 Å². The number of hydrogen-bond donors (Lipinski definition) is 1. The number of carbonyl (C=O) groups excluding carboxylic acids is 1. The summed E-state index contributed by atoms with van der Waals surface area (Å²) in [5, 5.41) is 8.11. The van der Waals surface area contributed by atoms with Crippen molar-refractivity contribution in [2.24, 2.45) is 7.05 Å². The molecule has 1 N–H and O–H groups in total. The minimum absolute atomic E-state index is 0.105. The first-order chi connectivity index (χ1) is 16.0. The van der Waals surface area contributed by atoms with Crippen LogP contribution in [0.1, 0.15) is 5.56 Å². The quantitative estimate of drug-likeness (QED) is 0.308. The number of halogens is 2. The van der Waals surface area contributed by atoms with E-state index >= 15 is 0 Å². The molecule has 0 radical (unpaired) electrons. The van der Waals surface area contributed by atoms with Crippen LogP contribution in [0.25, 0.3) is 28.0 Å². The Morgan fingerprint density at radius 3 is 2.55 bits per heavy atom. The Hall–Kier alpha value is -3.42. The fourth-order valence-electron chi connectivity index (χ4n) is 3.68. The standard InChI is InChI=1S/C25H19BrClN5O/c1-31-24(14-21(30-31)17-4-7-19(27)8-5-17)29-25(33)12-16-2-9-20(10-3-16)32-15-28-22-13-18(26)6-11-23(22)32/h2-11,13-15H,12H2,1H3,(H,29,33). The van der Waals surface area contributed by atoms with Gasteiger partial charge >= 0.3 is 0 Å². The summed E-state index contributed by atoms with van der Waals surface area (Å²) >= 11 is 9.44. The van der Waals surface area contributed by atoms with E-state index in [1.54, 1.807) is 18.1 Å². The van der Waals surface area contributed by atoms with Gasteiger partial charge in [0, 0.05) is 33.9 Å². The molecule has 0 spiro atoms. The van der Waals surface area contributed by atoms with Gasteiger partial charge in [-0.1, -0.05) is 51.8 Å². The van der Waals surface area contributed by atoms with Crippen LogP contribution in [0.5, 0.6) is 0 Å². The number of fused-ring (bicyclic) bond motifs is 1. The summed E-state index contributed by atoms with van der Waals surface area (Å²) in [4.78, 5) is 17.1. The molecule has 2 aromatic heterocycles. The Kier molecular flexibility index (Phi) is 5.74. The second-order valence-corrected chi connectivity index (χ2v) is 9.04. The molecule has 2 heterocycles. The molecule has 0 unspecified atom stereocenters. The summed E-state index contributed by atoms with van der Waals surface area (Å²) in [6, 6.07) is 23.2. The molecule has 8 heteroatoms. The fourth-order valence-corrected chi connectivity index (χ4v) is 4.16. The van der Waals surface area contributed by atoms with E-state index in [0.717, 1.165) is 38.0 Å². The van der Waals surface area contributed by atoms with E-state index in [1.807, 2.05) is 77.4 Å². The van der Waals surface area contributed by atoms with Gasteiger partial charge in [0.25, 0.3) is 0 Å². The van der Waals surface area contributed by atoms with E-state index in [-0.39, 0.29) is 12.3 Å². The van der Waals surface area contributed by atoms with E-state index in [2.05, 4.69) is 31.3 Å². The van der Waals surface area contributed by atoms with Gasteiger partial charge in [-0.05, 0) is 48.0 Å². The molecule has 5 rings (SSSR count). The maximum atomic E-state index is 12.7. The first-order valence-corrected chi connectivity index (χ1v) is 11.4. The van der Waals surface area contributed by atoms with E-state index in [1.165, 1.54) is 0 Å². The van der Waals surface area contributed by atoms with Crippen LogP contribution in [0.2, 0.25) is 5.02 Å². The normalized spacial score (nSPS) is 11.1. The Bertz CT molecular complexity index is 1450. The highest BCUT2D eigenvalue weighted by molar-refractivity contribution is 9.10. The number of hydrogen-bond acceptors (Lipinski definition) is 3. The lowest BCUT2D eigenvalue weighted by Crippen LogP contribution is -2.16. The molecule has 0 saturated carbocycles. The lowest BCUT2D eigenvalue weighted by atomic mass is 10.1. The van der Waals surface area contributed by atoms with Crippen molar-refractivity contribution in [1.29, 1.82) is 0 Å². The van der Waals surface area contributed by atoms with Gasteiger partial charge in [-0.25, -0.2) is 4.98 Å². The van der Waals surface area contributed by atoms with Crippen molar-refractivity contribution in [2.45, 2.75) is 6.42 Å². The summed E-state index contributed by atoms with van der Waals surface area (Å²) in [5.74, 6) is 0.531.